The topological polar surface area (TPSA) is 47.3 Å². The highest BCUT2D eigenvalue weighted by Gasteiger charge is 2.10. The number of hydrogen-bond donors (Lipinski definition) is 1. The molecule has 1 aliphatic heterocycles. The molecule has 0 aliphatic carbocycles. The Balaban J connectivity index is 2.41. The highest BCUT2D eigenvalue weighted by molar-refractivity contribution is 5.08. The van der Waals surface area contributed by atoms with Gasteiger partial charge in [0, 0.05) is 6.54 Å². The van der Waals surface area contributed by atoms with Crippen LogP contribution in [0.5, 0.6) is 5.88 Å². The van der Waals surface area contributed by atoms with E-state index >= 15 is 0 Å². The lowest BCUT2D eigenvalue weighted by molar-refractivity contribution is 0.0816. The van der Waals surface area contributed by atoms with Gasteiger partial charge in [-0.25, -0.2) is 0 Å². The minimum Gasteiger partial charge on any atom is -0.492 e. The van der Waals surface area contributed by atoms with E-state index in [4.69, 9.17) is 9.84 Å². The molecule has 0 fully saturated rings. The van der Waals surface area contributed by atoms with E-state index < -0.39 is 0 Å². The highest BCUT2D eigenvalue weighted by Crippen LogP contribution is 2.12. The lowest BCUT2D eigenvalue weighted by Gasteiger charge is -2.12. The van der Waals surface area contributed by atoms with Crippen molar-refractivity contribution in [2.24, 2.45) is 0 Å². The zero-order chi connectivity index (χ0) is 6.97. The summed E-state index contributed by atoms with van der Waals surface area (Å²) in [4.78, 5) is 3.84. The largest absolute Gasteiger partial charge is 0.492 e. The molecule has 0 atom stereocenters. The van der Waals surface area contributed by atoms with Crippen molar-refractivity contribution in [3.8, 4) is 5.88 Å². The predicted octanol–water partition coefficient (Wildman–Crippen LogP) is 0.119. The second-order valence-corrected chi connectivity index (χ2v) is 2.26. The van der Waals surface area contributed by atoms with Crippen molar-refractivity contribution < 1.29 is 9.84 Å². The van der Waals surface area contributed by atoms with Crippen molar-refractivity contribution in [3.05, 3.63) is 12.0 Å². The molecule has 0 saturated heterocycles. The molecule has 0 bridgehead atoms. The maximum atomic E-state index is 8.94. The molecule has 1 aromatic rings. The Hall–Kier alpha value is -1.03. The quantitative estimate of drug-likeness (QED) is 0.556. The number of imidazole rings is 1. The van der Waals surface area contributed by atoms with Crippen LogP contribution < -0.4 is 0 Å². The van der Waals surface area contributed by atoms with Crippen LogP contribution in [0.3, 0.4) is 0 Å². The second kappa shape index (κ2) is 1.98. The first kappa shape index (κ1) is 5.73. The van der Waals surface area contributed by atoms with Gasteiger partial charge in [0.1, 0.15) is 12.4 Å². The van der Waals surface area contributed by atoms with Crippen LogP contribution in [-0.4, -0.2) is 21.3 Å². The monoisotopic (exact) mass is 140 g/mol. The summed E-state index contributed by atoms with van der Waals surface area (Å²) < 4.78 is 7.02. The summed E-state index contributed by atoms with van der Waals surface area (Å²) in [7, 11) is 0. The van der Waals surface area contributed by atoms with Gasteiger partial charge in [-0.05, 0) is 0 Å². The summed E-state index contributed by atoms with van der Waals surface area (Å²) in [6, 6.07) is 0. The summed E-state index contributed by atoms with van der Waals surface area (Å²) in [5, 5.41) is 8.94. The lowest BCUT2D eigenvalue weighted by atomic mass is 10.5. The maximum Gasteiger partial charge on any atom is 0.229 e. The molecule has 2 heterocycles. The SMILES string of the molecule is Oc1cn2c(n1)COCC2. The molecule has 1 aromatic heterocycles. The van der Waals surface area contributed by atoms with Gasteiger partial charge >= 0.3 is 0 Å². The van der Waals surface area contributed by atoms with Gasteiger partial charge in [-0.2, -0.15) is 4.98 Å². The van der Waals surface area contributed by atoms with Crippen molar-refractivity contribution in [1.29, 1.82) is 0 Å². The summed E-state index contributed by atoms with van der Waals surface area (Å²) >= 11 is 0. The van der Waals surface area contributed by atoms with E-state index in [1.165, 1.54) is 0 Å². The molecule has 54 valence electrons. The lowest BCUT2D eigenvalue weighted by Crippen LogP contribution is -2.15. The van der Waals surface area contributed by atoms with Crippen LogP contribution in [0.2, 0.25) is 0 Å². The Kier molecular flexibility index (Phi) is 1.14. The number of hydrogen-bond acceptors (Lipinski definition) is 3. The number of aromatic nitrogens is 2. The molecule has 4 heteroatoms. The van der Waals surface area contributed by atoms with Gasteiger partial charge in [-0.15, -0.1) is 0 Å². The van der Waals surface area contributed by atoms with Gasteiger partial charge in [-0.1, -0.05) is 0 Å². The van der Waals surface area contributed by atoms with Crippen LogP contribution in [0.15, 0.2) is 6.20 Å². The Morgan fingerprint density at radius 1 is 1.70 bits per heavy atom. The average molecular weight is 140 g/mol. The molecule has 0 saturated carbocycles. The Morgan fingerprint density at radius 2 is 2.60 bits per heavy atom. The molecule has 0 amide bonds. The fourth-order valence-electron chi connectivity index (χ4n) is 1.07. The molecule has 10 heavy (non-hydrogen) atoms. The van der Waals surface area contributed by atoms with Gasteiger partial charge in [0.25, 0.3) is 0 Å². The van der Waals surface area contributed by atoms with Crippen molar-refractivity contribution in [3.63, 3.8) is 0 Å². The van der Waals surface area contributed by atoms with Crippen LogP contribution >= 0.6 is 0 Å². The van der Waals surface area contributed by atoms with Crippen LogP contribution in [-0.2, 0) is 17.9 Å². The third-order valence-corrected chi connectivity index (χ3v) is 1.55. The number of rotatable bonds is 0. The zero-order valence-corrected chi connectivity index (χ0v) is 5.45. The van der Waals surface area contributed by atoms with Crippen LogP contribution in [0.25, 0.3) is 0 Å². The van der Waals surface area contributed by atoms with Crippen LogP contribution in [0.1, 0.15) is 5.82 Å². The summed E-state index contributed by atoms with van der Waals surface area (Å²) in [5.41, 5.74) is 0. The third kappa shape index (κ3) is 0.769. The van der Waals surface area contributed by atoms with E-state index in [9.17, 15) is 0 Å². The standard InChI is InChI=1S/C6H8N2O2/c9-6-3-8-1-2-10-4-5(8)7-6/h3,9H,1-2,4H2. The zero-order valence-electron chi connectivity index (χ0n) is 5.45. The number of fused-ring (bicyclic) bond motifs is 1. The number of nitrogens with zero attached hydrogens (tertiary/aromatic N) is 2. The maximum absolute atomic E-state index is 8.94. The molecule has 2 rings (SSSR count). The summed E-state index contributed by atoms with van der Waals surface area (Å²) in [6.07, 6.45) is 1.62. The van der Waals surface area contributed by atoms with E-state index in [1.54, 1.807) is 6.20 Å². The first-order chi connectivity index (χ1) is 4.86. The van der Waals surface area contributed by atoms with Crippen LogP contribution in [0.4, 0.5) is 0 Å². The van der Waals surface area contributed by atoms with E-state index in [0.717, 1.165) is 12.4 Å². The van der Waals surface area contributed by atoms with Gasteiger partial charge in [0.05, 0.1) is 12.8 Å². The summed E-state index contributed by atoms with van der Waals surface area (Å²) in [5.74, 6) is 0.893. The third-order valence-electron chi connectivity index (χ3n) is 1.55. The second-order valence-electron chi connectivity index (χ2n) is 2.26. The highest BCUT2D eigenvalue weighted by atomic mass is 16.5. The first-order valence-corrected chi connectivity index (χ1v) is 3.19. The van der Waals surface area contributed by atoms with E-state index in [0.29, 0.717) is 13.2 Å². The van der Waals surface area contributed by atoms with Gasteiger partial charge in [0.15, 0.2) is 0 Å². The molecule has 4 nitrogen and oxygen atoms in total. The first-order valence-electron chi connectivity index (χ1n) is 3.19. The van der Waals surface area contributed by atoms with Crippen LogP contribution in [0, 0.1) is 0 Å². The van der Waals surface area contributed by atoms with E-state index in [1.807, 2.05) is 4.57 Å². The molecule has 0 aromatic carbocycles. The Labute approximate surface area is 58.1 Å². The van der Waals surface area contributed by atoms with Gasteiger partial charge in [0.2, 0.25) is 5.88 Å². The molecule has 1 aliphatic rings. The van der Waals surface area contributed by atoms with Crippen molar-refractivity contribution in [1.82, 2.24) is 9.55 Å². The fraction of sp³-hybridized carbons (Fsp3) is 0.500. The Bertz CT molecular complexity index is 220. The molecule has 0 spiro atoms. The summed E-state index contributed by atoms with van der Waals surface area (Å²) in [6.45, 7) is 2.02. The molecule has 1 N–H and O–H groups in total. The van der Waals surface area contributed by atoms with Gasteiger partial charge in [-0.3, -0.25) is 0 Å². The molecular weight excluding hydrogens is 132 g/mol. The molecule has 0 unspecified atom stereocenters. The molecular formula is C6H8N2O2. The van der Waals surface area contributed by atoms with Crippen molar-refractivity contribution >= 4 is 0 Å². The minimum atomic E-state index is 0.0838. The molecule has 0 radical (unpaired) electrons. The van der Waals surface area contributed by atoms with Crippen molar-refractivity contribution in [2.75, 3.05) is 6.61 Å². The van der Waals surface area contributed by atoms with Gasteiger partial charge < -0.3 is 14.4 Å². The average Bonchev–Trinajstić information content (AvgIpc) is 2.27. The fourth-order valence-corrected chi connectivity index (χ4v) is 1.07. The predicted molar refractivity (Wildman–Crippen MR) is 33.5 cm³/mol. The minimum absolute atomic E-state index is 0.0838. The Morgan fingerprint density at radius 3 is 3.40 bits per heavy atom. The normalized spacial score (nSPS) is 16.8. The smallest absolute Gasteiger partial charge is 0.229 e. The number of ether oxygens (including phenoxy) is 1. The van der Waals surface area contributed by atoms with E-state index in [-0.39, 0.29) is 5.88 Å². The van der Waals surface area contributed by atoms with E-state index in [2.05, 4.69) is 4.98 Å². The van der Waals surface area contributed by atoms with Crippen molar-refractivity contribution in [2.45, 2.75) is 13.2 Å². The number of aromatic hydroxyl groups is 1.